The molecule has 0 aliphatic carbocycles. The first-order valence-corrected chi connectivity index (χ1v) is 12.0. The average molecular weight is 510 g/mol. The first kappa shape index (κ1) is 24.7. The number of rotatable bonds is 6. The largest absolute Gasteiger partial charge is 0.481 e. The molecule has 3 aromatic rings. The molecule has 35 heavy (non-hydrogen) atoms. The number of aliphatic carboxylic acids is 1. The van der Waals surface area contributed by atoms with E-state index in [4.69, 9.17) is 5.11 Å². The highest BCUT2D eigenvalue weighted by Crippen LogP contribution is 2.33. The van der Waals surface area contributed by atoms with E-state index in [1.807, 2.05) is 0 Å². The molecule has 1 amide bonds. The molecule has 0 saturated carbocycles. The van der Waals surface area contributed by atoms with Gasteiger partial charge in [-0.05, 0) is 42.3 Å². The van der Waals surface area contributed by atoms with E-state index in [2.05, 4.69) is 9.97 Å². The minimum atomic E-state index is -4.92. The number of sulfonamides is 1. The molecule has 0 spiro atoms. The van der Waals surface area contributed by atoms with Gasteiger partial charge in [0.15, 0.2) is 0 Å². The molecule has 1 saturated heterocycles. The second kappa shape index (κ2) is 9.30. The van der Waals surface area contributed by atoms with Gasteiger partial charge in [0.1, 0.15) is 17.4 Å². The summed E-state index contributed by atoms with van der Waals surface area (Å²) < 4.78 is 68.5. The molecule has 2 N–H and O–H groups in total. The zero-order valence-electron chi connectivity index (χ0n) is 18.2. The highest BCUT2D eigenvalue weighted by Gasteiger charge is 2.51. The molecule has 1 aliphatic rings. The van der Waals surface area contributed by atoms with Crippen LogP contribution >= 0.6 is 0 Å². The van der Waals surface area contributed by atoms with Crippen LogP contribution in [0.2, 0.25) is 0 Å². The Morgan fingerprint density at radius 1 is 1.14 bits per heavy atom. The summed E-state index contributed by atoms with van der Waals surface area (Å²) >= 11 is 0. The Kier molecular flexibility index (Phi) is 6.56. The molecule has 4 rings (SSSR count). The van der Waals surface area contributed by atoms with Crippen LogP contribution in [0.1, 0.15) is 22.5 Å². The van der Waals surface area contributed by atoms with Crippen molar-refractivity contribution < 1.29 is 36.3 Å². The zero-order chi connectivity index (χ0) is 25.4. The summed E-state index contributed by atoms with van der Waals surface area (Å²) in [5.74, 6) is -1.71. The number of amides is 1. The number of halogens is 3. The van der Waals surface area contributed by atoms with Crippen LogP contribution in [-0.2, 0) is 21.2 Å². The van der Waals surface area contributed by atoms with Gasteiger partial charge in [0.25, 0.3) is 5.91 Å². The lowest BCUT2D eigenvalue weighted by molar-refractivity contribution is -0.180. The van der Waals surface area contributed by atoms with Gasteiger partial charge in [0, 0.05) is 37.6 Å². The van der Waals surface area contributed by atoms with Crippen LogP contribution in [0.3, 0.4) is 0 Å². The minimum Gasteiger partial charge on any atom is -0.481 e. The second-order valence-electron chi connectivity index (χ2n) is 8.09. The number of hydrogen-bond donors (Lipinski definition) is 2. The standard InChI is InChI=1S/C22H21F3N4O5S/c23-22(24,25)18-13-28(21(32)17-12-15-2-1-9-26-20(15)27-17)10-11-29(18)35(33,34)16-6-3-14(4-7-16)5-8-19(30)31/h1-4,6-7,9,12,18H,5,8,10-11,13H2,(H,26,27)(H,30,31). The number of nitrogens with zero attached hydrogens (tertiary/aromatic N) is 3. The number of piperazine rings is 1. The number of benzene rings is 1. The number of carbonyl (C=O) groups excluding carboxylic acids is 1. The van der Waals surface area contributed by atoms with E-state index in [0.717, 1.165) is 17.0 Å². The normalized spacial score (nSPS) is 17.6. The van der Waals surface area contributed by atoms with Gasteiger partial charge in [-0.2, -0.15) is 17.5 Å². The van der Waals surface area contributed by atoms with Crippen molar-refractivity contribution in [2.45, 2.75) is 30.0 Å². The number of carboxylic acids is 1. The van der Waals surface area contributed by atoms with E-state index in [1.54, 1.807) is 12.1 Å². The van der Waals surface area contributed by atoms with Crippen molar-refractivity contribution >= 4 is 32.9 Å². The molecular weight excluding hydrogens is 489 g/mol. The number of nitrogens with one attached hydrogen (secondary N) is 1. The fraction of sp³-hybridized carbons (Fsp3) is 0.318. The number of aromatic amines is 1. The minimum absolute atomic E-state index is 0.0629. The van der Waals surface area contributed by atoms with Crippen LogP contribution in [0.25, 0.3) is 11.0 Å². The molecule has 9 nitrogen and oxygen atoms in total. The summed E-state index contributed by atoms with van der Waals surface area (Å²) in [5.41, 5.74) is 1.02. The Labute approximate surface area is 198 Å². The zero-order valence-corrected chi connectivity index (χ0v) is 19.0. The lowest BCUT2D eigenvalue weighted by Gasteiger charge is -2.40. The third-order valence-electron chi connectivity index (χ3n) is 5.78. The molecule has 1 fully saturated rings. The number of aromatic nitrogens is 2. The van der Waals surface area contributed by atoms with Crippen LogP contribution in [-0.4, -0.2) is 76.4 Å². The number of pyridine rings is 1. The van der Waals surface area contributed by atoms with Gasteiger partial charge in [-0.1, -0.05) is 12.1 Å². The third-order valence-corrected chi connectivity index (χ3v) is 7.70. The maximum Gasteiger partial charge on any atom is 0.406 e. The number of H-pyrrole nitrogens is 1. The van der Waals surface area contributed by atoms with E-state index in [9.17, 15) is 31.2 Å². The molecule has 1 atom stereocenters. The van der Waals surface area contributed by atoms with Crippen molar-refractivity contribution in [1.82, 2.24) is 19.2 Å². The predicted molar refractivity (Wildman–Crippen MR) is 118 cm³/mol. The summed E-state index contributed by atoms with van der Waals surface area (Å²) in [5, 5.41) is 9.38. The lowest BCUT2D eigenvalue weighted by atomic mass is 10.1. The Hall–Kier alpha value is -3.45. The molecule has 1 aromatic carbocycles. The molecule has 1 aliphatic heterocycles. The average Bonchev–Trinajstić information content (AvgIpc) is 3.26. The number of hydrogen-bond acceptors (Lipinski definition) is 5. The molecule has 0 radical (unpaired) electrons. The van der Waals surface area contributed by atoms with Crippen molar-refractivity contribution in [3.63, 3.8) is 0 Å². The Morgan fingerprint density at radius 3 is 2.49 bits per heavy atom. The molecule has 13 heteroatoms. The molecule has 2 aromatic heterocycles. The van der Waals surface area contributed by atoms with Crippen molar-refractivity contribution in [3.8, 4) is 0 Å². The van der Waals surface area contributed by atoms with Gasteiger partial charge in [0.05, 0.1) is 4.90 Å². The third kappa shape index (κ3) is 5.15. The summed E-state index contributed by atoms with van der Waals surface area (Å²) in [6.45, 7) is -1.64. The monoisotopic (exact) mass is 510 g/mol. The van der Waals surface area contributed by atoms with Gasteiger partial charge in [-0.25, -0.2) is 13.4 Å². The first-order valence-electron chi connectivity index (χ1n) is 10.6. The van der Waals surface area contributed by atoms with Gasteiger partial charge in [0.2, 0.25) is 10.0 Å². The van der Waals surface area contributed by atoms with Crippen LogP contribution in [0.4, 0.5) is 13.2 Å². The van der Waals surface area contributed by atoms with Gasteiger partial charge < -0.3 is 15.0 Å². The van der Waals surface area contributed by atoms with E-state index >= 15 is 0 Å². The van der Waals surface area contributed by atoms with Crippen molar-refractivity contribution in [1.29, 1.82) is 0 Å². The molecule has 0 bridgehead atoms. The fourth-order valence-corrected chi connectivity index (χ4v) is 5.56. The van der Waals surface area contributed by atoms with Crippen molar-refractivity contribution in [2.24, 2.45) is 0 Å². The number of alkyl halides is 3. The number of carbonyl (C=O) groups is 2. The van der Waals surface area contributed by atoms with Gasteiger partial charge >= 0.3 is 12.1 Å². The van der Waals surface area contributed by atoms with E-state index in [0.29, 0.717) is 20.9 Å². The fourth-order valence-electron chi connectivity index (χ4n) is 3.96. The highest BCUT2D eigenvalue weighted by molar-refractivity contribution is 7.89. The van der Waals surface area contributed by atoms with E-state index in [-0.39, 0.29) is 30.0 Å². The summed E-state index contributed by atoms with van der Waals surface area (Å²) in [7, 11) is -4.54. The maximum atomic E-state index is 14.0. The summed E-state index contributed by atoms with van der Waals surface area (Å²) in [6.07, 6.45) is -3.42. The van der Waals surface area contributed by atoms with E-state index in [1.165, 1.54) is 24.4 Å². The molecule has 1 unspecified atom stereocenters. The second-order valence-corrected chi connectivity index (χ2v) is 9.98. The van der Waals surface area contributed by atoms with Crippen molar-refractivity contribution in [3.05, 3.63) is 59.9 Å². The topological polar surface area (TPSA) is 124 Å². The van der Waals surface area contributed by atoms with Crippen molar-refractivity contribution in [2.75, 3.05) is 19.6 Å². The molecule has 3 heterocycles. The summed E-state index contributed by atoms with van der Waals surface area (Å²) in [4.78, 5) is 31.1. The van der Waals surface area contributed by atoms with Crippen LogP contribution in [0.5, 0.6) is 0 Å². The van der Waals surface area contributed by atoms with Gasteiger partial charge in [-0.3, -0.25) is 9.59 Å². The number of carboxylic acid groups (broad SMARTS) is 1. The van der Waals surface area contributed by atoms with E-state index < -0.39 is 47.2 Å². The Balaban J connectivity index is 1.56. The lowest BCUT2D eigenvalue weighted by Crippen LogP contribution is -2.61. The number of fused-ring (bicyclic) bond motifs is 1. The molecule has 186 valence electrons. The Morgan fingerprint density at radius 2 is 1.86 bits per heavy atom. The maximum absolute atomic E-state index is 14.0. The van der Waals surface area contributed by atoms with Crippen LogP contribution in [0.15, 0.2) is 53.6 Å². The smallest absolute Gasteiger partial charge is 0.406 e. The molecular formula is C22H21F3N4O5S. The SMILES string of the molecule is O=C(O)CCc1ccc(S(=O)(=O)N2CCN(C(=O)c3cc4cccnc4[nH]3)CC2C(F)(F)F)cc1. The highest BCUT2D eigenvalue weighted by atomic mass is 32.2. The number of aryl methyl sites for hydroxylation is 1. The van der Waals surface area contributed by atoms with Crippen LogP contribution in [0, 0.1) is 0 Å². The quantitative estimate of drug-likeness (QED) is 0.526. The predicted octanol–water partition coefficient (Wildman–Crippen LogP) is 2.66. The summed E-state index contributed by atoms with van der Waals surface area (Å²) in [6, 6.07) is 7.49. The van der Waals surface area contributed by atoms with Gasteiger partial charge in [-0.15, -0.1) is 0 Å². The van der Waals surface area contributed by atoms with Crippen LogP contribution < -0.4 is 0 Å². The Bertz CT molecular complexity index is 1320. The first-order chi connectivity index (χ1) is 16.5.